The van der Waals surface area contributed by atoms with E-state index in [9.17, 15) is 0 Å². The number of hydrogen-bond donors (Lipinski definition) is 1. The van der Waals surface area contributed by atoms with Gasteiger partial charge in [-0.15, -0.1) is 0 Å². The van der Waals surface area contributed by atoms with Gasteiger partial charge in [0.15, 0.2) is 0 Å². The second kappa shape index (κ2) is 5.03. The minimum Gasteiger partial charge on any atom is -0.358 e. The second-order valence-electron chi connectivity index (χ2n) is 8.59. The Balaban J connectivity index is 1.68. The summed E-state index contributed by atoms with van der Waals surface area (Å²) in [7, 11) is 0. The van der Waals surface area contributed by atoms with Crippen LogP contribution >= 0.6 is 0 Å². The number of hydrogen-bond acceptors (Lipinski definition) is 0. The van der Waals surface area contributed by atoms with Crippen LogP contribution in [0.2, 0.25) is 0 Å². The van der Waals surface area contributed by atoms with Crippen LogP contribution in [0.5, 0.6) is 0 Å². The number of para-hydroxylation sites is 2. The summed E-state index contributed by atoms with van der Waals surface area (Å²) in [5, 5.41) is 9.33. The molecule has 3 aromatic heterocycles. The zero-order valence-corrected chi connectivity index (χ0v) is 16.4. The van der Waals surface area contributed by atoms with E-state index in [2.05, 4.69) is 88.3 Å². The lowest BCUT2D eigenvalue weighted by Crippen LogP contribution is -1.90. The van der Waals surface area contributed by atoms with Gasteiger partial charge < -0.3 is 9.38 Å². The number of aromatic nitrogens is 2. The fourth-order valence-electron chi connectivity index (χ4n) is 5.82. The van der Waals surface area contributed by atoms with Gasteiger partial charge in [-0.2, -0.15) is 0 Å². The fourth-order valence-corrected chi connectivity index (χ4v) is 5.82. The van der Waals surface area contributed by atoms with Gasteiger partial charge in [0.1, 0.15) is 0 Å². The van der Waals surface area contributed by atoms with E-state index >= 15 is 0 Å². The average Bonchev–Trinajstić information content (AvgIpc) is 3.44. The first-order chi connectivity index (χ1) is 14.9. The molecule has 0 saturated heterocycles. The Labute approximate surface area is 172 Å². The van der Waals surface area contributed by atoms with E-state index < -0.39 is 0 Å². The van der Waals surface area contributed by atoms with Crippen LogP contribution in [0.4, 0.5) is 0 Å². The number of rotatable bonds is 0. The number of benzene rings is 4. The van der Waals surface area contributed by atoms with E-state index in [0.29, 0.717) is 0 Å². The summed E-state index contributed by atoms with van der Waals surface area (Å²) in [5.74, 6) is 0. The Hall–Kier alpha value is -3.78. The lowest BCUT2D eigenvalue weighted by atomic mass is 9.99. The molecule has 4 aromatic carbocycles. The normalized spacial score (nSPS) is 14.3. The smallest absolute Gasteiger partial charge is 0.0620 e. The van der Waals surface area contributed by atoms with Gasteiger partial charge in [-0.1, -0.05) is 60.7 Å². The van der Waals surface area contributed by atoms with Gasteiger partial charge in [0, 0.05) is 49.1 Å². The summed E-state index contributed by atoms with van der Waals surface area (Å²) >= 11 is 0. The van der Waals surface area contributed by atoms with Crippen molar-refractivity contribution >= 4 is 65.8 Å². The molecule has 1 aliphatic rings. The van der Waals surface area contributed by atoms with Crippen molar-refractivity contribution in [3.05, 3.63) is 84.1 Å². The van der Waals surface area contributed by atoms with E-state index in [0.717, 1.165) is 12.8 Å². The Morgan fingerprint density at radius 1 is 0.700 bits per heavy atom. The quantitative estimate of drug-likeness (QED) is 0.281. The third kappa shape index (κ3) is 1.64. The highest BCUT2D eigenvalue weighted by Gasteiger charge is 2.19. The molecule has 0 radical (unpaired) electrons. The second-order valence-corrected chi connectivity index (χ2v) is 8.59. The third-order valence-electron chi connectivity index (χ3n) is 7.08. The first-order valence-corrected chi connectivity index (χ1v) is 10.7. The summed E-state index contributed by atoms with van der Waals surface area (Å²) in [6.07, 6.45) is 6.82. The molecule has 3 heterocycles. The van der Waals surface area contributed by atoms with Crippen LogP contribution in [-0.2, 0) is 6.42 Å². The topological polar surface area (TPSA) is 20.2 Å². The minimum absolute atomic E-state index is 1.10. The molecule has 140 valence electrons. The Bertz CT molecular complexity index is 1840. The molecule has 0 aliphatic heterocycles. The number of aromatic amines is 1. The van der Waals surface area contributed by atoms with Crippen LogP contribution in [0, 0.1) is 0 Å². The van der Waals surface area contributed by atoms with E-state index in [1.807, 2.05) is 0 Å². The Morgan fingerprint density at radius 3 is 2.47 bits per heavy atom. The number of fused-ring (bicyclic) bond motifs is 11. The van der Waals surface area contributed by atoms with Crippen molar-refractivity contribution in [2.45, 2.75) is 12.8 Å². The van der Waals surface area contributed by atoms with Crippen LogP contribution in [0.15, 0.2) is 72.8 Å². The standard InChI is InChI=1S/C28H18N2/c1-3-10-24-17(6-1)23-15-22-16(14-25(23)29-24)12-13-21-20-9-5-8-19-18-7-2-4-11-26(18)30(27(19)20)28(21)22/h1-2,4-9,11-15,29H,3,10H2. The molecule has 1 aliphatic carbocycles. The monoisotopic (exact) mass is 382 g/mol. The van der Waals surface area contributed by atoms with Crippen LogP contribution in [-0.4, -0.2) is 9.38 Å². The third-order valence-corrected chi connectivity index (χ3v) is 7.08. The number of allylic oxidation sites excluding steroid dienone is 1. The highest BCUT2D eigenvalue weighted by Crippen LogP contribution is 2.42. The molecule has 0 spiro atoms. The first kappa shape index (κ1) is 15.1. The van der Waals surface area contributed by atoms with Gasteiger partial charge in [0.05, 0.1) is 16.6 Å². The van der Waals surface area contributed by atoms with Crippen molar-refractivity contribution in [2.75, 3.05) is 0 Å². The number of nitrogens with zero attached hydrogens (tertiary/aromatic N) is 1. The minimum atomic E-state index is 1.10. The van der Waals surface area contributed by atoms with E-state index in [1.54, 1.807) is 0 Å². The van der Waals surface area contributed by atoms with Crippen molar-refractivity contribution in [3.63, 3.8) is 0 Å². The number of aryl methyl sites for hydroxylation is 1. The molecular weight excluding hydrogens is 364 g/mol. The Kier molecular flexibility index (Phi) is 2.53. The van der Waals surface area contributed by atoms with Crippen LogP contribution < -0.4 is 0 Å². The molecule has 0 fully saturated rings. The fraction of sp³-hybridized carbons (Fsp3) is 0.0714. The molecule has 7 aromatic rings. The molecule has 2 heteroatoms. The summed E-state index contributed by atoms with van der Waals surface area (Å²) in [6, 6.07) is 24.9. The highest BCUT2D eigenvalue weighted by molar-refractivity contribution is 6.27. The SMILES string of the molecule is C1=Cc2c([nH]c3cc4ccc5c6cccc7c8ccccc8n(c5c4cc23)c76)CC1. The molecule has 30 heavy (non-hydrogen) atoms. The predicted octanol–water partition coefficient (Wildman–Crippen LogP) is 7.43. The zero-order valence-electron chi connectivity index (χ0n) is 16.4. The lowest BCUT2D eigenvalue weighted by molar-refractivity contribution is 0.951. The van der Waals surface area contributed by atoms with Crippen LogP contribution in [0.25, 0.3) is 65.8 Å². The molecule has 0 unspecified atom stereocenters. The molecule has 0 amide bonds. The summed E-state index contributed by atoms with van der Waals surface area (Å²) in [5.41, 5.74) is 7.96. The predicted molar refractivity (Wildman–Crippen MR) is 128 cm³/mol. The van der Waals surface area contributed by atoms with Crippen molar-refractivity contribution in [1.29, 1.82) is 0 Å². The maximum Gasteiger partial charge on any atom is 0.0620 e. The van der Waals surface area contributed by atoms with Gasteiger partial charge in [0.25, 0.3) is 0 Å². The summed E-state index contributed by atoms with van der Waals surface area (Å²) in [6.45, 7) is 0. The van der Waals surface area contributed by atoms with Gasteiger partial charge in [-0.25, -0.2) is 0 Å². The van der Waals surface area contributed by atoms with Gasteiger partial charge in [-0.3, -0.25) is 0 Å². The van der Waals surface area contributed by atoms with E-state index in [-0.39, 0.29) is 0 Å². The van der Waals surface area contributed by atoms with E-state index in [4.69, 9.17) is 0 Å². The van der Waals surface area contributed by atoms with Crippen molar-refractivity contribution < 1.29 is 0 Å². The van der Waals surface area contributed by atoms with Gasteiger partial charge in [0.2, 0.25) is 0 Å². The lowest BCUT2D eigenvalue weighted by Gasteiger charge is -2.06. The molecule has 2 nitrogen and oxygen atoms in total. The molecule has 0 saturated carbocycles. The van der Waals surface area contributed by atoms with Gasteiger partial charge in [-0.05, 0) is 36.4 Å². The maximum absolute atomic E-state index is 3.68. The summed E-state index contributed by atoms with van der Waals surface area (Å²) in [4.78, 5) is 3.68. The van der Waals surface area contributed by atoms with E-state index in [1.165, 1.54) is 71.0 Å². The van der Waals surface area contributed by atoms with Crippen molar-refractivity contribution in [2.24, 2.45) is 0 Å². The molecular formula is C28H18N2. The largest absolute Gasteiger partial charge is 0.358 e. The highest BCUT2D eigenvalue weighted by atomic mass is 14.9. The average molecular weight is 382 g/mol. The molecule has 0 atom stereocenters. The van der Waals surface area contributed by atoms with Crippen LogP contribution in [0.3, 0.4) is 0 Å². The van der Waals surface area contributed by atoms with Crippen LogP contribution in [0.1, 0.15) is 17.7 Å². The first-order valence-electron chi connectivity index (χ1n) is 10.7. The maximum atomic E-state index is 3.68. The number of nitrogens with one attached hydrogen (secondary N) is 1. The van der Waals surface area contributed by atoms with Crippen molar-refractivity contribution in [3.8, 4) is 0 Å². The molecule has 1 N–H and O–H groups in total. The number of H-pyrrole nitrogens is 1. The molecule has 0 bridgehead atoms. The zero-order chi connectivity index (χ0) is 19.4. The Morgan fingerprint density at radius 2 is 1.50 bits per heavy atom. The molecule has 8 rings (SSSR count). The summed E-state index contributed by atoms with van der Waals surface area (Å²) < 4.78 is 2.50. The van der Waals surface area contributed by atoms with Gasteiger partial charge >= 0.3 is 0 Å². The van der Waals surface area contributed by atoms with Crippen molar-refractivity contribution in [1.82, 2.24) is 9.38 Å².